The van der Waals surface area contributed by atoms with Crippen LogP contribution in [0.5, 0.6) is 0 Å². The molecule has 0 aromatic carbocycles. The summed E-state index contributed by atoms with van der Waals surface area (Å²) in [7, 11) is -0.727. The number of oxime groups is 1. The molecule has 1 aromatic heterocycles. The standard InChI is InChI=1S/C10H14N4O2S/c11-10(13-15)8-1-2-12-7-9(8)14-3-5-17(16)6-4-14/h1-2,7,15H,3-6H2,(H2,11,13). The van der Waals surface area contributed by atoms with Crippen molar-refractivity contribution in [1.29, 1.82) is 0 Å². The second-order valence-corrected chi connectivity index (χ2v) is 5.41. The van der Waals surface area contributed by atoms with E-state index in [1.54, 1.807) is 18.5 Å². The summed E-state index contributed by atoms with van der Waals surface area (Å²) in [5, 5.41) is 11.7. The van der Waals surface area contributed by atoms with E-state index in [4.69, 9.17) is 10.9 Å². The van der Waals surface area contributed by atoms with E-state index in [2.05, 4.69) is 15.0 Å². The van der Waals surface area contributed by atoms with Crippen molar-refractivity contribution < 1.29 is 9.42 Å². The number of amidine groups is 1. The van der Waals surface area contributed by atoms with Gasteiger partial charge in [-0.15, -0.1) is 0 Å². The third kappa shape index (κ3) is 2.55. The molecule has 92 valence electrons. The Kier molecular flexibility index (Phi) is 3.58. The molecule has 1 saturated heterocycles. The Morgan fingerprint density at radius 3 is 2.88 bits per heavy atom. The molecule has 1 aromatic rings. The Morgan fingerprint density at radius 2 is 2.24 bits per heavy atom. The minimum absolute atomic E-state index is 0.0640. The van der Waals surface area contributed by atoms with E-state index >= 15 is 0 Å². The molecule has 3 N–H and O–H groups in total. The van der Waals surface area contributed by atoms with Crippen LogP contribution in [0.15, 0.2) is 23.6 Å². The van der Waals surface area contributed by atoms with Gasteiger partial charge in [0.1, 0.15) is 0 Å². The third-order valence-electron chi connectivity index (χ3n) is 2.70. The van der Waals surface area contributed by atoms with Crippen molar-refractivity contribution >= 4 is 22.3 Å². The Balaban J connectivity index is 2.29. The van der Waals surface area contributed by atoms with E-state index in [0.717, 1.165) is 5.69 Å². The SMILES string of the molecule is N/C(=N/O)c1ccncc1N1CCS(=O)CC1. The van der Waals surface area contributed by atoms with Gasteiger partial charge < -0.3 is 15.8 Å². The fraction of sp³-hybridized carbons (Fsp3) is 0.400. The molecule has 7 heteroatoms. The summed E-state index contributed by atoms with van der Waals surface area (Å²) < 4.78 is 11.3. The van der Waals surface area contributed by atoms with Crippen LogP contribution < -0.4 is 10.6 Å². The highest BCUT2D eigenvalue weighted by atomic mass is 32.2. The van der Waals surface area contributed by atoms with Crippen molar-refractivity contribution in [2.24, 2.45) is 10.9 Å². The molecule has 0 unspecified atom stereocenters. The highest BCUT2D eigenvalue weighted by Gasteiger charge is 2.19. The summed E-state index contributed by atoms with van der Waals surface area (Å²) in [6.45, 7) is 1.40. The van der Waals surface area contributed by atoms with Crippen LogP contribution in [0.2, 0.25) is 0 Å². The largest absolute Gasteiger partial charge is 0.409 e. The summed E-state index contributed by atoms with van der Waals surface area (Å²) >= 11 is 0. The number of nitrogens with two attached hydrogens (primary N) is 1. The number of rotatable bonds is 2. The van der Waals surface area contributed by atoms with Crippen molar-refractivity contribution in [3.8, 4) is 0 Å². The molecule has 6 nitrogen and oxygen atoms in total. The number of hydrogen-bond acceptors (Lipinski definition) is 5. The first-order valence-corrected chi connectivity index (χ1v) is 6.73. The maximum Gasteiger partial charge on any atom is 0.172 e. The normalized spacial score (nSPS) is 18.4. The van der Waals surface area contributed by atoms with Gasteiger partial charge in [0.2, 0.25) is 0 Å². The zero-order chi connectivity index (χ0) is 12.3. The zero-order valence-corrected chi connectivity index (χ0v) is 10.1. The van der Waals surface area contributed by atoms with Crippen molar-refractivity contribution in [1.82, 2.24) is 4.98 Å². The fourth-order valence-electron chi connectivity index (χ4n) is 1.79. The summed E-state index contributed by atoms with van der Waals surface area (Å²) in [6, 6.07) is 1.70. The molecule has 0 spiro atoms. The number of nitrogens with zero attached hydrogens (tertiary/aromatic N) is 3. The Hall–Kier alpha value is -1.63. The van der Waals surface area contributed by atoms with E-state index in [1.165, 1.54) is 0 Å². The topological polar surface area (TPSA) is 91.8 Å². The summed E-state index contributed by atoms with van der Waals surface area (Å²) in [5.74, 6) is 1.35. The highest BCUT2D eigenvalue weighted by molar-refractivity contribution is 7.85. The molecule has 1 fully saturated rings. The number of pyridine rings is 1. The molecule has 0 aliphatic carbocycles. The van der Waals surface area contributed by atoms with Crippen LogP contribution >= 0.6 is 0 Å². The Bertz CT molecular complexity index is 453. The first-order valence-electron chi connectivity index (χ1n) is 5.24. The van der Waals surface area contributed by atoms with Gasteiger partial charge in [-0.25, -0.2) is 0 Å². The van der Waals surface area contributed by atoms with Crippen molar-refractivity contribution in [3.63, 3.8) is 0 Å². The maximum atomic E-state index is 11.3. The van der Waals surface area contributed by atoms with Crippen LogP contribution in [-0.2, 0) is 10.8 Å². The van der Waals surface area contributed by atoms with Crippen LogP contribution in [0.1, 0.15) is 5.56 Å². The predicted molar refractivity (Wildman–Crippen MR) is 66.8 cm³/mol. The van der Waals surface area contributed by atoms with Crippen LogP contribution in [0.25, 0.3) is 0 Å². The summed E-state index contributed by atoms with van der Waals surface area (Å²) in [4.78, 5) is 6.10. The first-order chi connectivity index (χ1) is 8.22. The Labute approximate surface area is 102 Å². The van der Waals surface area contributed by atoms with Crippen LogP contribution in [0.4, 0.5) is 5.69 Å². The monoisotopic (exact) mass is 254 g/mol. The lowest BCUT2D eigenvalue weighted by Crippen LogP contribution is -2.39. The molecule has 0 radical (unpaired) electrons. The van der Waals surface area contributed by atoms with Crippen LogP contribution in [0, 0.1) is 0 Å². The second kappa shape index (κ2) is 5.13. The van der Waals surface area contributed by atoms with E-state index in [-0.39, 0.29) is 5.84 Å². The maximum absolute atomic E-state index is 11.3. The molecule has 0 atom stereocenters. The minimum Gasteiger partial charge on any atom is -0.409 e. The molecule has 0 bridgehead atoms. The van der Waals surface area contributed by atoms with Crippen molar-refractivity contribution in [3.05, 3.63) is 24.0 Å². The summed E-state index contributed by atoms with van der Waals surface area (Å²) in [5.41, 5.74) is 7.08. The first kappa shape index (κ1) is 11.8. The van der Waals surface area contributed by atoms with E-state index < -0.39 is 10.8 Å². The van der Waals surface area contributed by atoms with Gasteiger partial charge in [-0.05, 0) is 6.07 Å². The molecule has 1 aliphatic heterocycles. The number of hydrogen-bond donors (Lipinski definition) is 2. The van der Waals surface area contributed by atoms with E-state index in [9.17, 15) is 4.21 Å². The lowest BCUT2D eigenvalue weighted by atomic mass is 10.2. The third-order valence-corrected chi connectivity index (χ3v) is 3.98. The average Bonchev–Trinajstić information content (AvgIpc) is 2.39. The molecular formula is C10H14N4O2S. The van der Waals surface area contributed by atoms with Gasteiger partial charge in [0.05, 0.1) is 11.9 Å². The van der Waals surface area contributed by atoms with Gasteiger partial charge in [-0.2, -0.15) is 0 Å². The average molecular weight is 254 g/mol. The van der Waals surface area contributed by atoms with Crippen LogP contribution in [-0.4, -0.2) is 44.8 Å². The van der Waals surface area contributed by atoms with E-state index in [0.29, 0.717) is 30.2 Å². The Morgan fingerprint density at radius 1 is 1.53 bits per heavy atom. The molecule has 0 saturated carbocycles. The predicted octanol–water partition coefficient (Wildman–Crippen LogP) is -0.255. The van der Waals surface area contributed by atoms with E-state index in [1.807, 2.05) is 0 Å². The van der Waals surface area contributed by atoms with Crippen molar-refractivity contribution in [2.75, 3.05) is 29.5 Å². The lowest BCUT2D eigenvalue weighted by Gasteiger charge is -2.29. The molecule has 2 heterocycles. The van der Waals surface area contributed by atoms with Gasteiger partial charge >= 0.3 is 0 Å². The lowest BCUT2D eigenvalue weighted by molar-refractivity contribution is 0.318. The molecule has 0 amide bonds. The molecule has 2 rings (SSSR count). The quantitative estimate of drug-likeness (QED) is 0.328. The molecule has 17 heavy (non-hydrogen) atoms. The fourth-order valence-corrected chi connectivity index (χ4v) is 2.84. The van der Waals surface area contributed by atoms with Gasteiger partial charge in [0, 0.05) is 47.2 Å². The van der Waals surface area contributed by atoms with Gasteiger partial charge in [0.25, 0.3) is 0 Å². The van der Waals surface area contributed by atoms with Gasteiger partial charge in [-0.1, -0.05) is 5.16 Å². The smallest absolute Gasteiger partial charge is 0.172 e. The van der Waals surface area contributed by atoms with Crippen LogP contribution in [0.3, 0.4) is 0 Å². The highest BCUT2D eigenvalue weighted by Crippen LogP contribution is 2.20. The zero-order valence-electron chi connectivity index (χ0n) is 9.24. The number of aromatic nitrogens is 1. The molecular weight excluding hydrogens is 240 g/mol. The second-order valence-electron chi connectivity index (χ2n) is 3.71. The van der Waals surface area contributed by atoms with Gasteiger partial charge in [0.15, 0.2) is 5.84 Å². The minimum atomic E-state index is -0.727. The van der Waals surface area contributed by atoms with Gasteiger partial charge in [-0.3, -0.25) is 9.19 Å². The summed E-state index contributed by atoms with van der Waals surface area (Å²) in [6.07, 6.45) is 3.28. The van der Waals surface area contributed by atoms with Crippen molar-refractivity contribution in [2.45, 2.75) is 0 Å². The number of anilines is 1. The molecule has 1 aliphatic rings.